The summed E-state index contributed by atoms with van der Waals surface area (Å²) in [6.45, 7) is 0.759. The first-order chi connectivity index (χ1) is 18.1. The number of aromatic nitrogens is 1. The molecule has 0 radical (unpaired) electrons. The van der Waals surface area contributed by atoms with Crippen molar-refractivity contribution in [3.8, 4) is 45.1 Å². The summed E-state index contributed by atoms with van der Waals surface area (Å²) < 4.78 is 13.6. The van der Waals surface area contributed by atoms with Crippen LogP contribution in [-0.2, 0) is 13.0 Å². The standard InChI is InChI=1S/C31H25N2O4/c1-36-27-17-22-15-16-32-30(21-11-7-4-8-12-21)29(20-9-5-3-6-10-20)26-18-23(33(34)35)13-14-24(26)31(32)25(22)19-28(27)37-2/h3-14,17-19H,15-16H2,1-2H3/q+1. The third kappa shape index (κ3) is 3.69. The van der Waals surface area contributed by atoms with Crippen LogP contribution in [0.4, 0.5) is 5.69 Å². The average molecular weight is 490 g/mol. The summed E-state index contributed by atoms with van der Waals surface area (Å²) in [7, 11) is 3.28. The summed E-state index contributed by atoms with van der Waals surface area (Å²) in [5.74, 6) is 1.34. The maximum atomic E-state index is 11.9. The SMILES string of the molecule is COc1cc2c(cc1OC)-c1c3ccc([N+](=O)[O-])cc3c(-c3ccccc3)c(-c3ccccc3)[n+]1CC2. The zero-order chi connectivity index (χ0) is 25.5. The van der Waals surface area contributed by atoms with E-state index in [9.17, 15) is 10.1 Å². The summed E-state index contributed by atoms with van der Waals surface area (Å²) >= 11 is 0. The van der Waals surface area contributed by atoms with E-state index < -0.39 is 0 Å². The lowest BCUT2D eigenvalue weighted by atomic mass is 9.87. The van der Waals surface area contributed by atoms with E-state index in [2.05, 4.69) is 28.8 Å². The summed E-state index contributed by atoms with van der Waals surface area (Å²) in [4.78, 5) is 11.5. The van der Waals surface area contributed by atoms with E-state index in [0.717, 1.165) is 62.9 Å². The van der Waals surface area contributed by atoms with E-state index in [1.165, 1.54) is 0 Å². The number of nitro groups is 1. The predicted octanol–water partition coefficient (Wildman–Crippen LogP) is 6.61. The molecule has 1 aliphatic heterocycles. The number of aryl methyl sites for hydroxylation is 1. The van der Waals surface area contributed by atoms with Gasteiger partial charge in [0.05, 0.1) is 35.7 Å². The maximum absolute atomic E-state index is 11.9. The van der Waals surface area contributed by atoms with E-state index in [-0.39, 0.29) is 10.6 Å². The number of non-ortho nitro benzene ring substituents is 1. The Kier molecular flexibility index (Phi) is 5.57. The molecule has 1 aromatic heterocycles. The number of ether oxygens (including phenoxy) is 2. The first-order valence-electron chi connectivity index (χ1n) is 12.1. The fourth-order valence-corrected chi connectivity index (χ4v) is 5.47. The molecule has 37 heavy (non-hydrogen) atoms. The van der Waals surface area contributed by atoms with Crippen molar-refractivity contribution in [2.24, 2.45) is 0 Å². The smallest absolute Gasteiger partial charge is 0.270 e. The normalized spacial score (nSPS) is 12.1. The molecule has 6 rings (SSSR count). The number of benzene rings is 4. The minimum Gasteiger partial charge on any atom is -0.493 e. The molecule has 5 aromatic rings. The Morgan fingerprint density at radius 1 is 0.757 bits per heavy atom. The zero-order valence-electron chi connectivity index (χ0n) is 20.6. The third-order valence-electron chi connectivity index (χ3n) is 7.09. The van der Waals surface area contributed by atoms with Crippen LogP contribution < -0.4 is 14.0 Å². The molecule has 0 aliphatic carbocycles. The highest BCUT2D eigenvalue weighted by atomic mass is 16.6. The molecule has 0 spiro atoms. The fraction of sp³-hybridized carbons (Fsp3) is 0.129. The Hall–Kier alpha value is -4.71. The molecule has 0 fully saturated rings. The topological polar surface area (TPSA) is 65.5 Å². The van der Waals surface area contributed by atoms with Gasteiger partial charge >= 0.3 is 0 Å². The first-order valence-corrected chi connectivity index (χ1v) is 12.1. The van der Waals surface area contributed by atoms with Gasteiger partial charge in [0.25, 0.3) is 5.69 Å². The van der Waals surface area contributed by atoms with Crippen molar-refractivity contribution in [1.29, 1.82) is 0 Å². The van der Waals surface area contributed by atoms with Crippen molar-refractivity contribution in [1.82, 2.24) is 0 Å². The third-order valence-corrected chi connectivity index (χ3v) is 7.09. The van der Waals surface area contributed by atoms with Crippen LogP contribution in [0.15, 0.2) is 91.0 Å². The van der Waals surface area contributed by atoms with Crippen molar-refractivity contribution < 1.29 is 19.0 Å². The van der Waals surface area contributed by atoms with Crippen LogP contribution in [0, 0.1) is 10.1 Å². The van der Waals surface area contributed by atoms with Crippen LogP contribution in [0.5, 0.6) is 11.5 Å². The number of hydrogen-bond donors (Lipinski definition) is 0. The Bertz CT molecular complexity index is 1660. The summed E-state index contributed by atoms with van der Waals surface area (Å²) in [6.07, 6.45) is 0.819. The molecule has 0 saturated carbocycles. The van der Waals surface area contributed by atoms with Gasteiger partial charge in [-0.3, -0.25) is 10.1 Å². The van der Waals surface area contributed by atoms with Crippen LogP contribution in [0.2, 0.25) is 0 Å². The van der Waals surface area contributed by atoms with E-state index in [1.807, 2.05) is 54.6 Å². The molecule has 0 amide bonds. The first kappa shape index (κ1) is 22.7. The van der Waals surface area contributed by atoms with Gasteiger partial charge in [-0.2, -0.15) is 4.57 Å². The van der Waals surface area contributed by atoms with Gasteiger partial charge in [0.1, 0.15) is 0 Å². The van der Waals surface area contributed by atoms with E-state index in [1.54, 1.807) is 26.4 Å². The lowest BCUT2D eigenvalue weighted by Gasteiger charge is -2.23. The van der Waals surface area contributed by atoms with Gasteiger partial charge in [0.2, 0.25) is 11.4 Å². The van der Waals surface area contributed by atoms with Crippen molar-refractivity contribution in [3.63, 3.8) is 0 Å². The number of rotatable bonds is 5. The van der Waals surface area contributed by atoms with Gasteiger partial charge < -0.3 is 9.47 Å². The Labute approximate surface area is 214 Å². The Morgan fingerprint density at radius 2 is 1.41 bits per heavy atom. The highest BCUT2D eigenvalue weighted by Crippen LogP contribution is 2.45. The van der Waals surface area contributed by atoms with Crippen molar-refractivity contribution >= 4 is 16.5 Å². The van der Waals surface area contributed by atoms with Crippen LogP contribution in [0.25, 0.3) is 44.4 Å². The molecule has 1 aliphatic rings. The lowest BCUT2D eigenvalue weighted by molar-refractivity contribution is -0.675. The molecule has 0 saturated heterocycles. The van der Waals surface area contributed by atoms with Crippen molar-refractivity contribution in [2.75, 3.05) is 14.2 Å². The van der Waals surface area contributed by atoms with Crippen LogP contribution in [0.3, 0.4) is 0 Å². The van der Waals surface area contributed by atoms with Gasteiger partial charge in [-0.15, -0.1) is 0 Å². The summed E-state index contributed by atoms with van der Waals surface area (Å²) in [6, 6.07) is 29.6. The largest absolute Gasteiger partial charge is 0.493 e. The molecule has 4 aromatic carbocycles. The van der Waals surface area contributed by atoms with E-state index in [4.69, 9.17) is 9.47 Å². The number of pyridine rings is 1. The second-order valence-electron chi connectivity index (χ2n) is 9.06. The van der Waals surface area contributed by atoms with E-state index in [0.29, 0.717) is 11.5 Å². The second kappa shape index (κ2) is 9.06. The highest BCUT2D eigenvalue weighted by molar-refractivity contribution is 6.07. The van der Waals surface area contributed by atoms with Gasteiger partial charge in [-0.05, 0) is 41.5 Å². The van der Waals surface area contributed by atoms with Gasteiger partial charge in [0, 0.05) is 29.5 Å². The zero-order valence-corrected chi connectivity index (χ0v) is 20.6. The molecule has 2 heterocycles. The maximum Gasteiger partial charge on any atom is 0.270 e. The molecule has 6 nitrogen and oxygen atoms in total. The minimum absolute atomic E-state index is 0.0667. The Morgan fingerprint density at radius 3 is 2.05 bits per heavy atom. The fourth-order valence-electron chi connectivity index (χ4n) is 5.47. The van der Waals surface area contributed by atoms with Gasteiger partial charge in [-0.1, -0.05) is 48.5 Å². The molecule has 6 heteroatoms. The second-order valence-corrected chi connectivity index (χ2v) is 9.06. The van der Waals surface area contributed by atoms with E-state index >= 15 is 0 Å². The van der Waals surface area contributed by atoms with Crippen LogP contribution >= 0.6 is 0 Å². The monoisotopic (exact) mass is 489 g/mol. The number of hydrogen-bond acceptors (Lipinski definition) is 4. The van der Waals surface area contributed by atoms with Gasteiger partial charge in [-0.25, -0.2) is 0 Å². The molecule has 0 bridgehead atoms. The van der Waals surface area contributed by atoms with Crippen molar-refractivity contribution in [2.45, 2.75) is 13.0 Å². The van der Waals surface area contributed by atoms with Crippen molar-refractivity contribution in [3.05, 3.63) is 107 Å². The summed E-state index contributed by atoms with van der Waals surface area (Å²) in [5, 5.41) is 13.7. The molecule has 0 N–H and O–H groups in total. The molecule has 182 valence electrons. The van der Waals surface area contributed by atoms with Gasteiger partial charge in [0.15, 0.2) is 18.0 Å². The minimum atomic E-state index is -0.329. The Balaban J connectivity index is 1.82. The number of methoxy groups -OCH3 is 2. The summed E-state index contributed by atoms with van der Waals surface area (Å²) in [5.41, 5.74) is 7.37. The van der Waals surface area contributed by atoms with Crippen LogP contribution in [0.1, 0.15) is 5.56 Å². The molecular weight excluding hydrogens is 464 g/mol. The number of fused-ring (bicyclic) bond motifs is 5. The lowest BCUT2D eigenvalue weighted by Crippen LogP contribution is -2.43. The number of nitro benzene ring substituents is 1. The van der Waals surface area contributed by atoms with Crippen LogP contribution in [-0.4, -0.2) is 19.1 Å². The molecule has 0 atom stereocenters. The average Bonchev–Trinajstić information content (AvgIpc) is 2.95. The highest BCUT2D eigenvalue weighted by Gasteiger charge is 2.35. The predicted molar refractivity (Wildman–Crippen MR) is 144 cm³/mol. The number of nitrogens with zero attached hydrogens (tertiary/aromatic N) is 2. The molecular formula is C31H25N2O4+. The quantitative estimate of drug-likeness (QED) is 0.158. The molecule has 0 unspecified atom stereocenters.